The van der Waals surface area contributed by atoms with Gasteiger partial charge in [0, 0.05) is 6.42 Å². The topological polar surface area (TPSA) is 37.3 Å². The molecule has 0 aliphatic heterocycles. The predicted octanol–water partition coefficient (Wildman–Crippen LogP) is 2.29. The van der Waals surface area contributed by atoms with Gasteiger partial charge in [-0.25, -0.2) is 0 Å². The van der Waals surface area contributed by atoms with E-state index < -0.39 is 11.4 Å². The summed E-state index contributed by atoms with van der Waals surface area (Å²) >= 11 is 0. The van der Waals surface area contributed by atoms with Crippen molar-refractivity contribution >= 4 is 5.97 Å². The summed E-state index contributed by atoms with van der Waals surface area (Å²) in [5, 5.41) is 9.09. The average Bonchev–Trinajstić information content (AvgIpc) is 2.86. The van der Waals surface area contributed by atoms with Gasteiger partial charge in [-0.05, 0) is 38.5 Å². The highest BCUT2D eigenvalue weighted by Crippen LogP contribution is 2.48. The van der Waals surface area contributed by atoms with E-state index in [0.29, 0.717) is 12.3 Å². The van der Waals surface area contributed by atoms with E-state index in [4.69, 9.17) is 11.5 Å². The Morgan fingerprint density at radius 1 is 1.69 bits per heavy atom. The average molecular weight is 180 g/mol. The van der Waals surface area contributed by atoms with Gasteiger partial charge in [0.2, 0.25) is 0 Å². The third-order valence-corrected chi connectivity index (χ3v) is 2.98. The molecular formula is C11H16O2. The molecule has 1 saturated carbocycles. The Balaban J connectivity index is 2.47. The van der Waals surface area contributed by atoms with Crippen LogP contribution in [0.3, 0.4) is 0 Å². The Labute approximate surface area is 79.3 Å². The van der Waals surface area contributed by atoms with Gasteiger partial charge >= 0.3 is 5.97 Å². The van der Waals surface area contributed by atoms with Crippen LogP contribution < -0.4 is 0 Å². The van der Waals surface area contributed by atoms with Crippen LogP contribution in [0.4, 0.5) is 0 Å². The number of aliphatic carboxylic acids is 1. The molecule has 1 unspecified atom stereocenters. The first-order valence-electron chi connectivity index (χ1n) is 4.78. The van der Waals surface area contributed by atoms with Gasteiger partial charge < -0.3 is 5.11 Å². The summed E-state index contributed by atoms with van der Waals surface area (Å²) in [5.74, 6) is 2.28. The maximum atomic E-state index is 11.0. The quantitative estimate of drug-likeness (QED) is 0.520. The van der Waals surface area contributed by atoms with Crippen molar-refractivity contribution in [1.29, 1.82) is 0 Å². The van der Waals surface area contributed by atoms with Crippen LogP contribution in [0.15, 0.2) is 0 Å². The minimum atomic E-state index is -0.660. The second-order valence-electron chi connectivity index (χ2n) is 4.05. The van der Waals surface area contributed by atoms with Crippen LogP contribution in [0.1, 0.15) is 39.0 Å². The van der Waals surface area contributed by atoms with Gasteiger partial charge in [-0.15, -0.1) is 12.3 Å². The monoisotopic (exact) mass is 180 g/mol. The zero-order chi connectivity index (χ0) is 9.90. The van der Waals surface area contributed by atoms with Crippen LogP contribution in [-0.2, 0) is 4.79 Å². The fraction of sp³-hybridized carbons (Fsp3) is 0.727. The highest BCUT2D eigenvalue weighted by molar-refractivity contribution is 5.75. The van der Waals surface area contributed by atoms with Crippen molar-refractivity contribution < 1.29 is 9.90 Å². The molecule has 0 aromatic heterocycles. The lowest BCUT2D eigenvalue weighted by Gasteiger charge is -2.23. The number of carboxylic acid groups (broad SMARTS) is 1. The zero-order valence-corrected chi connectivity index (χ0v) is 8.05. The molecule has 0 spiro atoms. The summed E-state index contributed by atoms with van der Waals surface area (Å²) in [6.07, 6.45) is 9.50. The van der Waals surface area contributed by atoms with Crippen LogP contribution in [0.5, 0.6) is 0 Å². The van der Waals surface area contributed by atoms with Crippen molar-refractivity contribution in [3.05, 3.63) is 0 Å². The van der Waals surface area contributed by atoms with Gasteiger partial charge in [-0.2, -0.15) is 0 Å². The molecular weight excluding hydrogens is 164 g/mol. The van der Waals surface area contributed by atoms with Crippen molar-refractivity contribution in [2.45, 2.75) is 39.0 Å². The fourth-order valence-electron chi connectivity index (χ4n) is 1.76. The van der Waals surface area contributed by atoms with Crippen molar-refractivity contribution in [3.63, 3.8) is 0 Å². The zero-order valence-electron chi connectivity index (χ0n) is 8.05. The molecule has 2 heteroatoms. The van der Waals surface area contributed by atoms with E-state index in [9.17, 15) is 4.79 Å². The van der Waals surface area contributed by atoms with Crippen molar-refractivity contribution in [2.24, 2.45) is 11.3 Å². The summed E-state index contributed by atoms with van der Waals surface area (Å²) in [6.45, 7) is 1.85. The number of rotatable bonds is 5. The molecule has 0 bridgehead atoms. The number of hydrogen-bond donors (Lipinski definition) is 1. The van der Waals surface area contributed by atoms with E-state index in [-0.39, 0.29) is 0 Å². The van der Waals surface area contributed by atoms with Gasteiger partial charge in [-0.1, -0.05) is 0 Å². The number of carbonyl (C=O) groups is 1. The third-order valence-electron chi connectivity index (χ3n) is 2.98. The molecule has 0 aromatic rings. The maximum Gasteiger partial charge on any atom is 0.309 e. The van der Waals surface area contributed by atoms with Crippen LogP contribution in [0.25, 0.3) is 0 Å². The van der Waals surface area contributed by atoms with E-state index in [2.05, 4.69) is 5.92 Å². The van der Waals surface area contributed by atoms with E-state index in [1.54, 1.807) is 0 Å². The first-order valence-corrected chi connectivity index (χ1v) is 4.78. The van der Waals surface area contributed by atoms with Gasteiger partial charge in [0.05, 0.1) is 5.41 Å². The SMILES string of the molecule is C#CCCCC(C)(C(=O)O)C1CC1. The normalized spacial score (nSPS) is 20.3. The molecule has 1 fully saturated rings. The highest BCUT2D eigenvalue weighted by atomic mass is 16.4. The summed E-state index contributed by atoms with van der Waals surface area (Å²) in [6, 6.07) is 0. The molecule has 1 atom stereocenters. The predicted molar refractivity (Wildman–Crippen MR) is 51.2 cm³/mol. The summed E-state index contributed by atoms with van der Waals surface area (Å²) in [5.41, 5.74) is -0.517. The molecule has 2 nitrogen and oxygen atoms in total. The van der Waals surface area contributed by atoms with Gasteiger partial charge in [-0.3, -0.25) is 4.79 Å². The van der Waals surface area contributed by atoms with Gasteiger partial charge in [0.15, 0.2) is 0 Å². The van der Waals surface area contributed by atoms with E-state index in [1.165, 1.54) is 0 Å². The minimum absolute atomic E-state index is 0.391. The fourth-order valence-corrected chi connectivity index (χ4v) is 1.76. The Morgan fingerprint density at radius 2 is 2.31 bits per heavy atom. The number of unbranched alkanes of at least 4 members (excludes halogenated alkanes) is 1. The molecule has 13 heavy (non-hydrogen) atoms. The number of hydrogen-bond acceptors (Lipinski definition) is 1. The lowest BCUT2D eigenvalue weighted by Crippen LogP contribution is -2.29. The summed E-state index contributed by atoms with van der Waals surface area (Å²) in [7, 11) is 0. The Hall–Kier alpha value is -0.970. The Bertz CT molecular complexity index is 235. The van der Waals surface area contributed by atoms with Crippen molar-refractivity contribution in [2.75, 3.05) is 0 Å². The standard InChI is InChI=1S/C11H16O2/c1-3-4-5-8-11(2,10(12)13)9-6-7-9/h1,9H,4-8H2,2H3,(H,12,13). The molecule has 1 rings (SSSR count). The first-order chi connectivity index (χ1) is 6.11. The van der Waals surface area contributed by atoms with Crippen LogP contribution in [0, 0.1) is 23.7 Å². The molecule has 0 heterocycles. The molecule has 0 saturated heterocycles. The summed E-state index contributed by atoms with van der Waals surface area (Å²) in [4.78, 5) is 11.0. The second kappa shape index (κ2) is 3.83. The van der Waals surface area contributed by atoms with E-state index in [0.717, 1.165) is 25.7 Å². The van der Waals surface area contributed by atoms with Gasteiger partial charge in [0.1, 0.15) is 0 Å². The first kappa shape index (κ1) is 10.1. The molecule has 1 aliphatic carbocycles. The number of carboxylic acids is 1. The van der Waals surface area contributed by atoms with Crippen molar-refractivity contribution in [3.8, 4) is 12.3 Å². The van der Waals surface area contributed by atoms with Crippen LogP contribution in [-0.4, -0.2) is 11.1 Å². The van der Waals surface area contributed by atoms with E-state index >= 15 is 0 Å². The maximum absolute atomic E-state index is 11.0. The van der Waals surface area contributed by atoms with Crippen molar-refractivity contribution in [1.82, 2.24) is 0 Å². The minimum Gasteiger partial charge on any atom is -0.481 e. The molecule has 1 aliphatic rings. The highest BCUT2D eigenvalue weighted by Gasteiger charge is 2.46. The molecule has 1 N–H and O–H groups in total. The molecule has 0 radical (unpaired) electrons. The van der Waals surface area contributed by atoms with Crippen LogP contribution >= 0.6 is 0 Å². The van der Waals surface area contributed by atoms with Crippen LogP contribution in [0.2, 0.25) is 0 Å². The molecule has 0 amide bonds. The lowest BCUT2D eigenvalue weighted by molar-refractivity contribution is -0.149. The third kappa shape index (κ3) is 2.24. The second-order valence-corrected chi connectivity index (χ2v) is 4.05. The summed E-state index contributed by atoms with van der Waals surface area (Å²) < 4.78 is 0. The molecule has 0 aromatic carbocycles. The smallest absolute Gasteiger partial charge is 0.309 e. The lowest BCUT2D eigenvalue weighted by atomic mass is 9.80. The Morgan fingerprint density at radius 3 is 2.69 bits per heavy atom. The van der Waals surface area contributed by atoms with Gasteiger partial charge in [0.25, 0.3) is 0 Å². The van der Waals surface area contributed by atoms with E-state index in [1.807, 2.05) is 6.92 Å². The largest absolute Gasteiger partial charge is 0.481 e. The molecule has 72 valence electrons. The number of terminal acetylenes is 1. The Kier molecular flexibility index (Phi) is 2.98.